The van der Waals surface area contributed by atoms with Crippen molar-refractivity contribution in [3.05, 3.63) is 59.7 Å². The highest BCUT2D eigenvalue weighted by Gasteiger charge is 2.20. The number of para-hydroxylation sites is 1. The molecule has 2 aromatic rings. The highest BCUT2D eigenvalue weighted by atomic mass is 16.5. The van der Waals surface area contributed by atoms with Crippen LogP contribution in [-0.4, -0.2) is 30.9 Å². The van der Waals surface area contributed by atoms with E-state index in [1.54, 1.807) is 31.2 Å². The number of hydrogen-bond acceptors (Lipinski definition) is 4. The lowest BCUT2D eigenvalue weighted by atomic mass is 10.1. The molecule has 6 heteroatoms. The van der Waals surface area contributed by atoms with E-state index in [9.17, 15) is 14.4 Å². The Labute approximate surface area is 165 Å². The van der Waals surface area contributed by atoms with Crippen molar-refractivity contribution >= 4 is 29.2 Å². The van der Waals surface area contributed by atoms with Crippen LogP contribution in [0.5, 0.6) is 0 Å². The average molecular weight is 382 g/mol. The van der Waals surface area contributed by atoms with Gasteiger partial charge in [0.2, 0.25) is 11.8 Å². The minimum Gasteiger partial charge on any atom is -0.462 e. The van der Waals surface area contributed by atoms with E-state index in [1.807, 2.05) is 24.3 Å². The molecular formula is C22H26N2O4. The first-order valence-electron chi connectivity index (χ1n) is 9.39. The van der Waals surface area contributed by atoms with Gasteiger partial charge >= 0.3 is 5.97 Å². The molecule has 1 N–H and O–H groups in total. The van der Waals surface area contributed by atoms with Gasteiger partial charge in [-0.15, -0.1) is 0 Å². The monoisotopic (exact) mass is 382 g/mol. The number of benzene rings is 2. The molecule has 148 valence electrons. The molecule has 6 nitrogen and oxygen atoms in total. The number of ether oxygens (including phenoxy) is 1. The summed E-state index contributed by atoms with van der Waals surface area (Å²) in [4.78, 5) is 38.1. The summed E-state index contributed by atoms with van der Waals surface area (Å²) in [5.41, 5.74) is 2.64. The predicted octanol–water partition coefficient (Wildman–Crippen LogP) is 3.81. The van der Waals surface area contributed by atoms with Crippen molar-refractivity contribution in [1.82, 2.24) is 0 Å². The van der Waals surface area contributed by atoms with Crippen LogP contribution in [0, 0.1) is 0 Å². The van der Waals surface area contributed by atoms with Crippen LogP contribution < -0.4 is 10.2 Å². The van der Waals surface area contributed by atoms with Crippen molar-refractivity contribution in [3.63, 3.8) is 0 Å². The van der Waals surface area contributed by atoms with Gasteiger partial charge in [0.1, 0.15) is 0 Å². The lowest BCUT2D eigenvalue weighted by Crippen LogP contribution is -2.33. The van der Waals surface area contributed by atoms with E-state index in [-0.39, 0.29) is 31.4 Å². The van der Waals surface area contributed by atoms with Gasteiger partial charge in [0.25, 0.3) is 0 Å². The number of rotatable bonds is 8. The molecule has 0 radical (unpaired) electrons. The van der Waals surface area contributed by atoms with E-state index < -0.39 is 5.97 Å². The zero-order chi connectivity index (χ0) is 20.5. The summed E-state index contributed by atoms with van der Waals surface area (Å²) in [6.07, 6.45) is 1.04. The Balaban J connectivity index is 2.08. The van der Waals surface area contributed by atoms with Crippen molar-refractivity contribution in [1.29, 1.82) is 0 Å². The van der Waals surface area contributed by atoms with Crippen LogP contribution in [0.25, 0.3) is 0 Å². The fourth-order valence-electron chi connectivity index (χ4n) is 2.80. The summed E-state index contributed by atoms with van der Waals surface area (Å²) < 4.78 is 5.07. The smallest absolute Gasteiger partial charge is 0.340 e. The second-order valence-corrected chi connectivity index (χ2v) is 6.26. The van der Waals surface area contributed by atoms with Gasteiger partial charge < -0.3 is 15.0 Å². The van der Waals surface area contributed by atoms with Crippen molar-refractivity contribution in [2.45, 2.75) is 33.6 Å². The van der Waals surface area contributed by atoms with E-state index in [4.69, 9.17) is 4.74 Å². The van der Waals surface area contributed by atoms with Crippen LogP contribution in [0.3, 0.4) is 0 Å². The molecule has 0 unspecified atom stereocenters. The number of aryl methyl sites for hydroxylation is 1. The lowest BCUT2D eigenvalue weighted by molar-refractivity contribution is -0.117. The largest absolute Gasteiger partial charge is 0.462 e. The van der Waals surface area contributed by atoms with Gasteiger partial charge in [-0.1, -0.05) is 31.2 Å². The van der Waals surface area contributed by atoms with Gasteiger partial charge in [-0.2, -0.15) is 0 Å². The second kappa shape index (κ2) is 10.3. The Kier molecular flexibility index (Phi) is 7.75. The van der Waals surface area contributed by atoms with E-state index in [2.05, 4.69) is 12.2 Å². The van der Waals surface area contributed by atoms with Crippen molar-refractivity contribution in [3.8, 4) is 0 Å². The van der Waals surface area contributed by atoms with Crippen LogP contribution in [0.1, 0.15) is 43.1 Å². The maximum absolute atomic E-state index is 12.3. The molecule has 0 heterocycles. The molecule has 0 spiro atoms. The van der Waals surface area contributed by atoms with Crippen LogP contribution in [0.4, 0.5) is 11.4 Å². The summed E-state index contributed by atoms with van der Waals surface area (Å²) in [5.74, 6) is -0.953. The zero-order valence-corrected chi connectivity index (χ0v) is 16.5. The highest BCUT2D eigenvalue weighted by Crippen LogP contribution is 2.22. The molecule has 2 aromatic carbocycles. The molecule has 28 heavy (non-hydrogen) atoms. The molecule has 0 bridgehead atoms. The van der Waals surface area contributed by atoms with E-state index in [0.717, 1.165) is 6.42 Å². The first kappa shape index (κ1) is 21.2. The topological polar surface area (TPSA) is 75.7 Å². The van der Waals surface area contributed by atoms with Crippen molar-refractivity contribution in [2.24, 2.45) is 0 Å². The molecule has 2 amide bonds. The minimum atomic E-state index is -0.496. The number of carbonyl (C=O) groups excluding carboxylic acids is 3. The quantitative estimate of drug-likeness (QED) is 0.705. The van der Waals surface area contributed by atoms with Crippen LogP contribution >= 0.6 is 0 Å². The van der Waals surface area contributed by atoms with E-state index >= 15 is 0 Å². The van der Waals surface area contributed by atoms with Gasteiger partial charge in [0.05, 0.1) is 17.9 Å². The van der Waals surface area contributed by atoms with Gasteiger partial charge in [0, 0.05) is 25.6 Å². The maximum atomic E-state index is 12.3. The standard InChI is InChI=1S/C22H26N2O4/c1-4-17-10-12-18(13-11-17)23-21(26)14-15-24(16(3)25)20-9-7-6-8-19(20)22(27)28-5-2/h6-13H,4-5,14-15H2,1-3H3,(H,23,26). The molecule has 0 aliphatic rings. The van der Waals surface area contributed by atoms with E-state index in [0.29, 0.717) is 16.9 Å². The fourth-order valence-corrected chi connectivity index (χ4v) is 2.80. The van der Waals surface area contributed by atoms with Crippen molar-refractivity contribution < 1.29 is 19.1 Å². The first-order chi connectivity index (χ1) is 13.5. The van der Waals surface area contributed by atoms with Gasteiger partial charge in [-0.25, -0.2) is 4.79 Å². The van der Waals surface area contributed by atoms with Gasteiger partial charge in [0.15, 0.2) is 0 Å². The molecule has 0 aromatic heterocycles. The molecule has 0 aliphatic carbocycles. The normalized spacial score (nSPS) is 10.2. The second-order valence-electron chi connectivity index (χ2n) is 6.26. The SMILES string of the molecule is CCOC(=O)c1ccccc1N(CCC(=O)Nc1ccc(CC)cc1)C(C)=O. The molecule has 0 fully saturated rings. The molecule has 0 aliphatic heterocycles. The van der Waals surface area contributed by atoms with Crippen molar-refractivity contribution in [2.75, 3.05) is 23.4 Å². The Morgan fingerprint density at radius 3 is 2.29 bits per heavy atom. The number of hydrogen-bond donors (Lipinski definition) is 1. The van der Waals surface area contributed by atoms with E-state index in [1.165, 1.54) is 17.4 Å². The maximum Gasteiger partial charge on any atom is 0.340 e. The number of amides is 2. The molecule has 0 atom stereocenters. The summed E-state index contributed by atoms with van der Waals surface area (Å²) in [5, 5.41) is 2.83. The molecular weight excluding hydrogens is 356 g/mol. The summed E-state index contributed by atoms with van der Waals surface area (Å²) >= 11 is 0. The average Bonchev–Trinajstić information content (AvgIpc) is 2.69. The number of anilines is 2. The van der Waals surface area contributed by atoms with Crippen LogP contribution in [0.2, 0.25) is 0 Å². The number of carbonyl (C=O) groups is 3. The highest BCUT2D eigenvalue weighted by molar-refractivity contribution is 6.02. The summed E-state index contributed by atoms with van der Waals surface area (Å²) in [6, 6.07) is 14.4. The lowest BCUT2D eigenvalue weighted by Gasteiger charge is -2.23. The Morgan fingerprint density at radius 2 is 1.68 bits per heavy atom. The Hall–Kier alpha value is -3.15. The van der Waals surface area contributed by atoms with Gasteiger partial charge in [-0.3, -0.25) is 9.59 Å². The molecule has 0 saturated heterocycles. The predicted molar refractivity (Wildman–Crippen MR) is 109 cm³/mol. The third kappa shape index (κ3) is 5.67. The minimum absolute atomic E-state index is 0.103. The van der Waals surface area contributed by atoms with Crippen LogP contribution in [-0.2, 0) is 20.7 Å². The number of nitrogens with zero attached hydrogens (tertiary/aromatic N) is 1. The zero-order valence-electron chi connectivity index (χ0n) is 16.5. The number of esters is 1. The van der Waals surface area contributed by atoms with Gasteiger partial charge in [-0.05, 0) is 43.2 Å². The number of nitrogens with one attached hydrogen (secondary N) is 1. The van der Waals surface area contributed by atoms with Crippen LogP contribution in [0.15, 0.2) is 48.5 Å². The summed E-state index contributed by atoms with van der Waals surface area (Å²) in [6.45, 7) is 5.60. The Morgan fingerprint density at radius 1 is 1.00 bits per heavy atom. The summed E-state index contributed by atoms with van der Waals surface area (Å²) in [7, 11) is 0. The Bertz CT molecular complexity index is 831. The fraction of sp³-hybridized carbons (Fsp3) is 0.318. The molecule has 2 rings (SSSR count). The first-order valence-corrected chi connectivity index (χ1v) is 9.39. The third-order valence-electron chi connectivity index (χ3n) is 4.28. The molecule has 0 saturated carbocycles. The third-order valence-corrected chi connectivity index (χ3v) is 4.28.